The lowest BCUT2D eigenvalue weighted by molar-refractivity contribution is -0.151. The van der Waals surface area contributed by atoms with Gasteiger partial charge in [-0.05, 0) is 38.5 Å². The number of amides is 2. The molecule has 0 bridgehead atoms. The number of carboxylic acids is 1. The van der Waals surface area contributed by atoms with Gasteiger partial charge in [-0.2, -0.15) is 0 Å². The van der Waals surface area contributed by atoms with Crippen LogP contribution < -0.4 is 0 Å². The van der Waals surface area contributed by atoms with Crippen molar-refractivity contribution in [2.45, 2.75) is 44.6 Å². The molecule has 0 aromatic carbocycles. The third-order valence-corrected chi connectivity index (χ3v) is 4.90. The lowest BCUT2D eigenvalue weighted by Crippen LogP contribution is -2.47. The molecule has 0 spiro atoms. The predicted octanol–water partition coefficient (Wildman–Crippen LogP) is 0.711. The van der Waals surface area contributed by atoms with Crippen LogP contribution in [-0.2, 0) is 14.4 Å². The number of likely N-dealkylation sites (tertiary alicyclic amines) is 2. The molecule has 3 aliphatic rings. The van der Waals surface area contributed by atoms with Crippen LogP contribution in [0.1, 0.15) is 38.5 Å². The maximum absolute atomic E-state index is 12.5. The standard InChI is InChI=1S/C15H22N2O4/c18-13(10-3-4-10)16-8-5-11(6-9-16)14(19)17-7-1-2-12(17)15(20)21/h10-12H,1-9H2,(H,20,21)/t12-/m0/s1. The highest BCUT2D eigenvalue weighted by Gasteiger charge is 2.40. The van der Waals surface area contributed by atoms with Crippen LogP contribution in [0.5, 0.6) is 0 Å². The van der Waals surface area contributed by atoms with Gasteiger partial charge in [0.2, 0.25) is 11.8 Å². The van der Waals surface area contributed by atoms with E-state index in [0.717, 1.165) is 19.3 Å². The molecule has 1 atom stereocenters. The van der Waals surface area contributed by atoms with Crippen molar-refractivity contribution in [1.29, 1.82) is 0 Å². The fourth-order valence-electron chi connectivity index (χ4n) is 3.46. The average molecular weight is 294 g/mol. The maximum Gasteiger partial charge on any atom is 0.326 e. The summed E-state index contributed by atoms with van der Waals surface area (Å²) >= 11 is 0. The van der Waals surface area contributed by atoms with E-state index >= 15 is 0 Å². The zero-order chi connectivity index (χ0) is 15.0. The van der Waals surface area contributed by atoms with Crippen LogP contribution in [0.4, 0.5) is 0 Å². The first kappa shape index (κ1) is 14.4. The van der Waals surface area contributed by atoms with Crippen molar-refractivity contribution in [1.82, 2.24) is 9.80 Å². The van der Waals surface area contributed by atoms with E-state index in [-0.39, 0.29) is 23.7 Å². The summed E-state index contributed by atoms with van der Waals surface area (Å²) in [5.74, 6) is -0.577. The second-order valence-electron chi connectivity index (χ2n) is 6.40. The Hall–Kier alpha value is -1.59. The normalized spacial score (nSPS) is 27.0. The van der Waals surface area contributed by atoms with Gasteiger partial charge in [0.25, 0.3) is 0 Å². The van der Waals surface area contributed by atoms with E-state index in [1.54, 1.807) is 0 Å². The number of rotatable bonds is 3. The second-order valence-corrected chi connectivity index (χ2v) is 6.40. The number of nitrogens with zero attached hydrogens (tertiary/aromatic N) is 2. The average Bonchev–Trinajstić information content (AvgIpc) is 3.22. The second kappa shape index (κ2) is 5.66. The molecule has 0 unspecified atom stereocenters. The summed E-state index contributed by atoms with van der Waals surface area (Å²) < 4.78 is 0. The molecule has 1 saturated carbocycles. The number of carboxylic acid groups (broad SMARTS) is 1. The largest absolute Gasteiger partial charge is 0.480 e. The SMILES string of the molecule is O=C(O)[C@@H]1CCCN1C(=O)C1CCN(C(=O)C2CC2)CC1. The van der Waals surface area contributed by atoms with Crippen LogP contribution in [0.25, 0.3) is 0 Å². The van der Waals surface area contributed by atoms with E-state index in [1.807, 2.05) is 4.90 Å². The molecule has 21 heavy (non-hydrogen) atoms. The molecule has 1 aliphatic carbocycles. The fourth-order valence-corrected chi connectivity index (χ4v) is 3.46. The molecule has 0 aromatic heterocycles. The number of carbonyl (C=O) groups excluding carboxylic acids is 2. The van der Waals surface area contributed by atoms with Crippen LogP contribution >= 0.6 is 0 Å². The predicted molar refractivity (Wildman–Crippen MR) is 74.4 cm³/mol. The fraction of sp³-hybridized carbons (Fsp3) is 0.800. The molecule has 6 nitrogen and oxygen atoms in total. The Morgan fingerprint density at radius 2 is 1.43 bits per heavy atom. The highest BCUT2D eigenvalue weighted by atomic mass is 16.4. The first-order chi connectivity index (χ1) is 10.1. The van der Waals surface area contributed by atoms with Crippen molar-refractivity contribution in [2.75, 3.05) is 19.6 Å². The Labute approximate surface area is 124 Å². The molecule has 2 saturated heterocycles. The minimum absolute atomic E-state index is 0.0292. The summed E-state index contributed by atoms with van der Waals surface area (Å²) in [5.41, 5.74) is 0. The monoisotopic (exact) mass is 294 g/mol. The van der Waals surface area contributed by atoms with Crippen LogP contribution in [-0.4, -0.2) is 58.4 Å². The molecule has 1 N–H and O–H groups in total. The van der Waals surface area contributed by atoms with Crippen molar-refractivity contribution in [3.05, 3.63) is 0 Å². The van der Waals surface area contributed by atoms with Gasteiger partial charge in [0.05, 0.1) is 0 Å². The minimum Gasteiger partial charge on any atom is -0.480 e. The van der Waals surface area contributed by atoms with Crippen LogP contribution in [0.2, 0.25) is 0 Å². The number of carbonyl (C=O) groups is 3. The van der Waals surface area contributed by atoms with Crippen molar-refractivity contribution in [3.8, 4) is 0 Å². The van der Waals surface area contributed by atoms with Gasteiger partial charge in [-0.15, -0.1) is 0 Å². The van der Waals surface area contributed by atoms with Gasteiger partial charge in [0, 0.05) is 31.5 Å². The topological polar surface area (TPSA) is 77.9 Å². The molecular weight excluding hydrogens is 272 g/mol. The van der Waals surface area contributed by atoms with Gasteiger partial charge >= 0.3 is 5.97 Å². The molecular formula is C15H22N2O4. The molecule has 6 heteroatoms. The van der Waals surface area contributed by atoms with Crippen LogP contribution in [0.3, 0.4) is 0 Å². The van der Waals surface area contributed by atoms with E-state index in [1.165, 1.54) is 4.90 Å². The maximum atomic E-state index is 12.5. The molecule has 2 heterocycles. The third kappa shape index (κ3) is 2.89. The third-order valence-electron chi connectivity index (χ3n) is 4.90. The molecule has 116 valence electrons. The molecule has 2 amide bonds. The van der Waals surface area contributed by atoms with Gasteiger partial charge < -0.3 is 14.9 Å². The number of hydrogen-bond acceptors (Lipinski definition) is 3. The van der Waals surface area contributed by atoms with Gasteiger partial charge in [-0.3, -0.25) is 9.59 Å². The van der Waals surface area contributed by atoms with Crippen LogP contribution in [0, 0.1) is 11.8 Å². The quantitative estimate of drug-likeness (QED) is 0.831. The highest BCUT2D eigenvalue weighted by molar-refractivity contribution is 5.86. The van der Waals surface area contributed by atoms with E-state index < -0.39 is 12.0 Å². The summed E-state index contributed by atoms with van der Waals surface area (Å²) in [6.07, 6.45) is 4.67. The summed E-state index contributed by atoms with van der Waals surface area (Å²) in [6.45, 7) is 1.83. The Morgan fingerprint density at radius 3 is 2.00 bits per heavy atom. The summed E-state index contributed by atoms with van der Waals surface area (Å²) in [5, 5.41) is 9.17. The zero-order valence-electron chi connectivity index (χ0n) is 12.2. The van der Waals surface area contributed by atoms with Gasteiger partial charge in [-0.1, -0.05) is 0 Å². The molecule has 0 aromatic rings. The van der Waals surface area contributed by atoms with Crippen molar-refractivity contribution in [3.63, 3.8) is 0 Å². The number of aliphatic carboxylic acids is 1. The lowest BCUT2D eigenvalue weighted by Gasteiger charge is -2.34. The Morgan fingerprint density at radius 1 is 0.810 bits per heavy atom. The van der Waals surface area contributed by atoms with E-state index in [0.29, 0.717) is 38.9 Å². The zero-order valence-corrected chi connectivity index (χ0v) is 12.2. The summed E-state index contributed by atoms with van der Waals surface area (Å²) in [6, 6.07) is -0.649. The Bertz CT molecular complexity index is 453. The Kier molecular flexibility index (Phi) is 3.87. The number of piperidine rings is 1. The molecule has 0 radical (unpaired) electrons. The molecule has 2 aliphatic heterocycles. The molecule has 3 fully saturated rings. The first-order valence-corrected chi connectivity index (χ1v) is 7.90. The van der Waals surface area contributed by atoms with Crippen molar-refractivity contribution >= 4 is 17.8 Å². The van der Waals surface area contributed by atoms with Crippen LogP contribution in [0.15, 0.2) is 0 Å². The van der Waals surface area contributed by atoms with E-state index in [4.69, 9.17) is 5.11 Å². The summed E-state index contributed by atoms with van der Waals surface area (Å²) in [4.78, 5) is 39.1. The molecule has 3 rings (SSSR count). The highest BCUT2D eigenvalue weighted by Crippen LogP contribution is 2.33. The minimum atomic E-state index is -0.901. The summed E-state index contributed by atoms with van der Waals surface area (Å²) in [7, 11) is 0. The number of hydrogen-bond donors (Lipinski definition) is 1. The van der Waals surface area contributed by atoms with Gasteiger partial charge in [-0.25, -0.2) is 4.79 Å². The Balaban J connectivity index is 1.55. The lowest BCUT2D eigenvalue weighted by atomic mass is 9.94. The van der Waals surface area contributed by atoms with Gasteiger partial charge in [0.15, 0.2) is 0 Å². The smallest absolute Gasteiger partial charge is 0.326 e. The van der Waals surface area contributed by atoms with Crippen molar-refractivity contribution < 1.29 is 19.5 Å². The van der Waals surface area contributed by atoms with Gasteiger partial charge in [0.1, 0.15) is 6.04 Å². The van der Waals surface area contributed by atoms with E-state index in [2.05, 4.69) is 0 Å². The first-order valence-electron chi connectivity index (χ1n) is 7.90. The van der Waals surface area contributed by atoms with E-state index in [9.17, 15) is 14.4 Å². The van der Waals surface area contributed by atoms with Crippen molar-refractivity contribution in [2.24, 2.45) is 11.8 Å².